The molecule has 0 bridgehead atoms. The Hall–Kier alpha value is -2.77. The third-order valence-electron chi connectivity index (χ3n) is 9.86. The highest BCUT2D eigenvalue weighted by atomic mass is 32.2. The number of nitrogens with zero attached hydrogens (tertiary/aromatic N) is 1. The molecular weight excluding hydrogens is 574 g/mol. The predicted molar refractivity (Wildman–Crippen MR) is 146 cm³/mol. The second-order valence-electron chi connectivity index (χ2n) is 12.4. The first-order valence-electron chi connectivity index (χ1n) is 15.1. The fourth-order valence-electron chi connectivity index (χ4n) is 7.34. The maximum atomic E-state index is 13.4. The number of ether oxygens (including phenoxy) is 2. The molecule has 4 rings (SSSR count). The molecular formula is C28H41NO12S. The molecule has 2 N–H and O–H groups in total. The summed E-state index contributed by atoms with van der Waals surface area (Å²) in [4.78, 5) is 59.3. The van der Waals surface area contributed by atoms with E-state index in [1.54, 1.807) is 0 Å². The van der Waals surface area contributed by atoms with E-state index in [0.29, 0.717) is 64.2 Å². The van der Waals surface area contributed by atoms with Crippen molar-refractivity contribution >= 4 is 33.7 Å². The molecule has 0 heterocycles. The molecule has 0 aliphatic heterocycles. The van der Waals surface area contributed by atoms with Crippen LogP contribution in [0.15, 0.2) is 0 Å². The van der Waals surface area contributed by atoms with Crippen molar-refractivity contribution in [3.8, 4) is 0 Å². The van der Waals surface area contributed by atoms with Gasteiger partial charge in [-0.1, -0.05) is 12.8 Å². The van der Waals surface area contributed by atoms with E-state index in [9.17, 15) is 47.9 Å². The van der Waals surface area contributed by atoms with Crippen LogP contribution in [0.4, 0.5) is 0 Å². The number of carbonyl (C=O) groups excluding carboxylic acids is 2. The Bertz CT molecular complexity index is 1140. The Balaban J connectivity index is 1.23. The van der Waals surface area contributed by atoms with E-state index in [1.165, 1.54) is 0 Å². The van der Waals surface area contributed by atoms with Gasteiger partial charge in [-0.3, -0.25) is 29.3 Å². The maximum absolute atomic E-state index is 13.4. The van der Waals surface area contributed by atoms with Gasteiger partial charge in [-0.2, -0.15) is 0 Å². The van der Waals surface area contributed by atoms with E-state index in [2.05, 4.69) is 0 Å². The third-order valence-corrected chi connectivity index (χ3v) is 12.7. The van der Waals surface area contributed by atoms with Gasteiger partial charge in [0.25, 0.3) is 0 Å². The number of nitro groups is 1. The lowest BCUT2D eigenvalue weighted by molar-refractivity contribution is -0.528. The average molecular weight is 616 g/mol. The Kier molecular flexibility index (Phi) is 10.5. The van der Waals surface area contributed by atoms with Gasteiger partial charge in [0, 0.05) is 17.8 Å². The van der Waals surface area contributed by atoms with Gasteiger partial charge in [0.15, 0.2) is 9.84 Å². The van der Waals surface area contributed by atoms with Crippen molar-refractivity contribution in [1.82, 2.24) is 0 Å². The number of rotatable bonds is 9. The van der Waals surface area contributed by atoms with Crippen molar-refractivity contribution in [2.24, 2.45) is 23.7 Å². The SMILES string of the molecule is O=C(O)C1CCCCC1C(=O)OC1CCC(S(=O)(=O)C2CCC(OC(=O)C3CCC([N+](=O)[O-])CC3C(=O)O)CC2)CC1. The smallest absolute Gasteiger partial charge is 0.310 e. The minimum Gasteiger partial charge on any atom is -0.481 e. The molecule has 0 radical (unpaired) electrons. The summed E-state index contributed by atoms with van der Waals surface area (Å²) >= 11 is 0. The molecule has 5 unspecified atom stereocenters. The standard InChI is InChI=1S/C28H41NO12S/c30-25(31)21-3-1-2-4-22(21)27(34)40-17-6-10-19(11-7-17)42(38,39)20-12-8-18(9-13-20)41-28(35)23-14-5-16(29(36)37)15-24(23)26(32)33/h16-24H,1-15H2,(H,30,31)(H,32,33). The lowest BCUT2D eigenvalue weighted by atomic mass is 9.77. The van der Waals surface area contributed by atoms with Gasteiger partial charge in [0.1, 0.15) is 12.2 Å². The molecule has 4 aliphatic carbocycles. The molecule has 0 aromatic rings. The van der Waals surface area contributed by atoms with Crippen LogP contribution in [0.25, 0.3) is 0 Å². The molecule has 5 atom stereocenters. The van der Waals surface area contributed by atoms with Gasteiger partial charge >= 0.3 is 23.9 Å². The summed E-state index contributed by atoms with van der Waals surface area (Å²) in [6.07, 6.45) is 4.26. The van der Waals surface area contributed by atoms with Crippen molar-refractivity contribution in [3.63, 3.8) is 0 Å². The number of sulfone groups is 1. The minimum atomic E-state index is -3.48. The number of hydrogen-bond donors (Lipinski definition) is 2. The molecule has 0 aromatic carbocycles. The fraction of sp³-hybridized carbons (Fsp3) is 0.857. The molecule has 0 spiro atoms. The molecule has 13 nitrogen and oxygen atoms in total. The van der Waals surface area contributed by atoms with Crippen molar-refractivity contribution in [1.29, 1.82) is 0 Å². The quantitative estimate of drug-likeness (QED) is 0.218. The molecule has 42 heavy (non-hydrogen) atoms. The van der Waals surface area contributed by atoms with Crippen LogP contribution in [-0.2, 0) is 38.5 Å². The Morgan fingerprint density at radius 2 is 1.05 bits per heavy atom. The first kappa shape index (κ1) is 32.2. The van der Waals surface area contributed by atoms with E-state index in [-0.39, 0.29) is 19.3 Å². The zero-order chi connectivity index (χ0) is 30.6. The number of carbonyl (C=O) groups is 4. The summed E-state index contributed by atoms with van der Waals surface area (Å²) in [5.74, 6) is -6.98. The number of carboxylic acid groups (broad SMARTS) is 2. The molecule has 236 valence electrons. The fourth-order valence-corrected chi connectivity index (χ4v) is 9.74. The van der Waals surface area contributed by atoms with E-state index in [1.807, 2.05) is 0 Å². The zero-order valence-electron chi connectivity index (χ0n) is 23.6. The maximum Gasteiger partial charge on any atom is 0.310 e. The molecule has 0 amide bonds. The predicted octanol–water partition coefficient (Wildman–Crippen LogP) is 3.15. The molecule has 4 aliphatic rings. The lowest BCUT2D eigenvalue weighted by Gasteiger charge is -2.35. The summed E-state index contributed by atoms with van der Waals surface area (Å²) in [5, 5.41) is 28.9. The monoisotopic (exact) mass is 615 g/mol. The molecule has 0 aromatic heterocycles. The van der Waals surface area contributed by atoms with Crippen LogP contribution in [0, 0.1) is 33.8 Å². The largest absolute Gasteiger partial charge is 0.481 e. The van der Waals surface area contributed by atoms with Gasteiger partial charge in [0.2, 0.25) is 6.04 Å². The van der Waals surface area contributed by atoms with E-state index in [4.69, 9.17) is 9.47 Å². The van der Waals surface area contributed by atoms with Crippen molar-refractivity contribution in [2.45, 2.75) is 125 Å². The summed E-state index contributed by atoms with van der Waals surface area (Å²) in [6, 6.07) is -1.00. The molecule has 4 saturated carbocycles. The highest BCUT2D eigenvalue weighted by Gasteiger charge is 2.46. The molecule has 4 fully saturated rings. The average Bonchev–Trinajstić information content (AvgIpc) is 2.97. The van der Waals surface area contributed by atoms with Crippen LogP contribution in [0.1, 0.15) is 96.3 Å². The number of hydrogen-bond acceptors (Lipinski definition) is 10. The Labute approximate surface area is 244 Å². The first-order valence-corrected chi connectivity index (χ1v) is 16.7. The van der Waals surface area contributed by atoms with Crippen molar-refractivity contribution < 1.29 is 52.2 Å². The van der Waals surface area contributed by atoms with Crippen LogP contribution in [0.2, 0.25) is 0 Å². The zero-order valence-corrected chi connectivity index (χ0v) is 24.5. The first-order chi connectivity index (χ1) is 19.9. The number of carboxylic acids is 2. The third kappa shape index (κ3) is 7.41. The van der Waals surface area contributed by atoms with Gasteiger partial charge in [-0.05, 0) is 70.6 Å². The highest BCUT2D eigenvalue weighted by molar-refractivity contribution is 7.92. The van der Waals surface area contributed by atoms with Gasteiger partial charge in [-0.25, -0.2) is 8.42 Å². The van der Waals surface area contributed by atoms with Gasteiger partial charge in [0.05, 0.1) is 34.2 Å². The number of esters is 2. The van der Waals surface area contributed by atoms with Crippen molar-refractivity contribution in [3.05, 3.63) is 10.1 Å². The van der Waals surface area contributed by atoms with E-state index in [0.717, 1.165) is 12.8 Å². The van der Waals surface area contributed by atoms with Crippen LogP contribution in [0.5, 0.6) is 0 Å². The lowest BCUT2D eigenvalue weighted by Crippen LogP contribution is -2.43. The molecule has 14 heteroatoms. The van der Waals surface area contributed by atoms with Crippen LogP contribution < -0.4 is 0 Å². The Morgan fingerprint density at radius 3 is 1.48 bits per heavy atom. The number of aliphatic carboxylic acids is 2. The summed E-state index contributed by atoms with van der Waals surface area (Å²) in [5.41, 5.74) is 0. The second-order valence-corrected chi connectivity index (χ2v) is 14.9. The minimum absolute atomic E-state index is 0.0595. The van der Waals surface area contributed by atoms with Crippen LogP contribution in [0.3, 0.4) is 0 Å². The molecule has 0 saturated heterocycles. The van der Waals surface area contributed by atoms with Crippen molar-refractivity contribution in [2.75, 3.05) is 0 Å². The summed E-state index contributed by atoms with van der Waals surface area (Å²) in [7, 11) is -3.48. The summed E-state index contributed by atoms with van der Waals surface area (Å²) < 4.78 is 38.1. The van der Waals surface area contributed by atoms with E-state index < -0.39 is 91.1 Å². The second kappa shape index (κ2) is 13.7. The topological polar surface area (TPSA) is 204 Å². The van der Waals surface area contributed by atoms with Crippen LogP contribution in [-0.4, -0.2) is 76.2 Å². The highest BCUT2D eigenvalue weighted by Crippen LogP contribution is 2.38. The van der Waals surface area contributed by atoms with Crippen LogP contribution >= 0.6 is 0 Å². The van der Waals surface area contributed by atoms with Gasteiger partial charge in [-0.15, -0.1) is 0 Å². The normalized spacial score (nSPS) is 35.9. The van der Waals surface area contributed by atoms with E-state index >= 15 is 0 Å². The Morgan fingerprint density at radius 1 is 0.619 bits per heavy atom. The van der Waals surface area contributed by atoms with Gasteiger partial charge < -0.3 is 19.7 Å². The summed E-state index contributed by atoms with van der Waals surface area (Å²) in [6.45, 7) is 0.